The van der Waals surface area contributed by atoms with Gasteiger partial charge in [-0.25, -0.2) is 0 Å². The third-order valence-electron chi connectivity index (χ3n) is 3.48. The second-order valence-electron chi connectivity index (χ2n) is 4.86. The summed E-state index contributed by atoms with van der Waals surface area (Å²) in [5.41, 5.74) is 3.54. The van der Waals surface area contributed by atoms with Crippen molar-refractivity contribution in [3.63, 3.8) is 0 Å². The number of anilines is 1. The van der Waals surface area contributed by atoms with Gasteiger partial charge in [-0.1, -0.05) is 12.1 Å². The number of methoxy groups -OCH3 is 1. The highest BCUT2D eigenvalue weighted by atomic mass is 79.9. The van der Waals surface area contributed by atoms with E-state index in [2.05, 4.69) is 55.4 Å². The topological polar surface area (TPSA) is 30.5 Å². The third kappa shape index (κ3) is 3.19. The number of fused-ring (bicyclic) bond motifs is 1. The van der Waals surface area contributed by atoms with Gasteiger partial charge in [-0.05, 0) is 55.1 Å². The molecule has 0 atom stereocenters. The lowest BCUT2D eigenvalue weighted by molar-refractivity contribution is 0.357. The largest absolute Gasteiger partial charge is 0.495 e. The molecule has 0 aromatic heterocycles. The van der Waals surface area contributed by atoms with Crippen LogP contribution in [0.5, 0.6) is 11.5 Å². The fourth-order valence-electron chi connectivity index (χ4n) is 2.37. The molecule has 1 N–H and O–H groups in total. The van der Waals surface area contributed by atoms with Gasteiger partial charge in [0.25, 0.3) is 0 Å². The first-order chi connectivity index (χ1) is 10.2. The molecular weight excluding hydrogens is 398 g/mol. The fraction of sp³-hybridized carbons (Fsp3) is 0.250. The van der Waals surface area contributed by atoms with E-state index in [1.165, 1.54) is 11.1 Å². The summed E-state index contributed by atoms with van der Waals surface area (Å²) in [6.45, 7) is 1.55. The van der Waals surface area contributed by atoms with Crippen molar-refractivity contribution in [1.29, 1.82) is 0 Å². The maximum absolute atomic E-state index is 5.53. The molecule has 0 saturated heterocycles. The number of hydrogen-bond acceptors (Lipinski definition) is 3. The first-order valence-corrected chi connectivity index (χ1v) is 8.27. The molecule has 110 valence electrons. The summed E-state index contributed by atoms with van der Waals surface area (Å²) in [5, 5.41) is 3.43. The molecule has 3 nitrogen and oxygen atoms in total. The second-order valence-corrected chi connectivity index (χ2v) is 6.57. The van der Waals surface area contributed by atoms with Crippen molar-refractivity contribution in [2.24, 2.45) is 0 Å². The second kappa shape index (κ2) is 6.28. The Kier molecular flexibility index (Phi) is 4.40. The van der Waals surface area contributed by atoms with Gasteiger partial charge in [-0.2, -0.15) is 0 Å². The average Bonchev–Trinajstić information content (AvgIpc) is 2.94. The Morgan fingerprint density at radius 3 is 2.86 bits per heavy atom. The van der Waals surface area contributed by atoms with Crippen LogP contribution in [-0.2, 0) is 13.0 Å². The van der Waals surface area contributed by atoms with E-state index in [-0.39, 0.29) is 0 Å². The Hall–Kier alpha value is -1.20. The molecule has 0 spiro atoms. The van der Waals surface area contributed by atoms with Crippen molar-refractivity contribution in [1.82, 2.24) is 0 Å². The Morgan fingerprint density at radius 1 is 1.19 bits per heavy atom. The molecule has 0 bridgehead atoms. The van der Waals surface area contributed by atoms with E-state index < -0.39 is 0 Å². The minimum Gasteiger partial charge on any atom is -0.495 e. The molecular formula is C16H15Br2NO2. The van der Waals surface area contributed by atoms with E-state index in [9.17, 15) is 0 Å². The van der Waals surface area contributed by atoms with Crippen LogP contribution in [0.2, 0.25) is 0 Å². The monoisotopic (exact) mass is 411 g/mol. The highest BCUT2D eigenvalue weighted by Gasteiger charge is 2.12. The lowest BCUT2D eigenvalue weighted by Crippen LogP contribution is -2.01. The van der Waals surface area contributed by atoms with Gasteiger partial charge >= 0.3 is 0 Å². The van der Waals surface area contributed by atoms with Gasteiger partial charge in [-0.15, -0.1) is 0 Å². The van der Waals surface area contributed by atoms with Crippen molar-refractivity contribution in [2.75, 3.05) is 19.0 Å². The molecule has 5 heteroatoms. The fourth-order valence-corrected chi connectivity index (χ4v) is 3.66. The molecule has 0 amide bonds. The lowest BCUT2D eigenvalue weighted by atomic mass is 10.1. The summed E-state index contributed by atoms with van der Waals surface area (Å²) in [6, 6.07) is 10.3. The van der Waals surface area contributed by atoms with Crippen LogP contribution in [0, 0.1) is 0 Å². The molecule has 2 aromatic rings. The Morgan fingerprint density at radius 2 is 2.05 bits per heavy atom. The minimum atomic E-state index is 0.761. The number of hydrogen-bond donors (Lipinski definition) is 1. The summed E-state index contributed by atoms with van der Waals surface area (Å²) in [6.07, 6.45) is 0.999. The normalized spacial score (nSPS) is 12.7. The first-order valence-electron chi connectivity index (χ1n) is 6.69. The highest BCUT2D eigenvalue weighted by Crippen LogP contribution is 2.35. The van der Waals surface area contributed by atoms with Gasteiger partial charge < -0.3 is 14.8 Å². The molecule has 0 unspecified atom stereocenters. The van der Waals surface area contributed by atoms with Crippen molar-refractivity contribution in [3.05, 3.63) is 50.4 Å². The summed E-state index contributed by atoms with van der Waals surface area (Å²) in [5.74, 6) is 1.83. The first kappa shape index (κ1) is 14.7. The SMILES string of the molecule is COc1cc(NCc2ccc3c(c2)CCO3)c(Br)cc1Br. The average molecular weight is 413 g/mol. The molecule has 1 aliphatic rings. The molecule has 0 radical (unpaired) electrons. The van der Waals surface area contributed by atoms with Crippen LogP contribution in [-0.4, -0.2) is 13.7 Å². The van der Waals surface area contributed by atoms with E-state index >= 15 is 0 Å². The van der Waals surface area contributed by atoms with E-state index in [1.807, 2.05) is 12.1 Å². The van der Waals surface area contributed by atoms with Crippen LogP contribution in [0.15, 0.2) is 39.3 Å². The van der Waals surface area contributed by atoms with Gasteiger partial charge in [0.1, 0.15) is 11.5 Å². The predicted octanol–water partition coefficient (Wildman–Crippen LogP) is 4.77. The van der Waals surface area contributed by atoms with Gasteiger partial charge in [0.05, 0.1) is 23.9 Å². The molecule has 2 aromatic carbocycles. The summed E-state index contributed by atoms with van der Waals surface area (Å²) in [7, 11) is 1.66. The smallest absolute Gasteiger partial charge is 0.135 e. The molecule has 0 saturated carbocycles. The zero-order valence-electron chi connectivity index (χ0n) is 11.6. The van der Waals surface area contributed by atoms with Crippen molar-refractivity contribution in [3.8, 4) is 11.5 Å². The Labute approximate surface area is 140 Å². The van der Waals surface area contributed by atoms with Crippen molar-refractivity contribution in [2.45, 2.75) is 13.0 Å². The quantitative estimate of drug-likeness (QED) is 0.784. The van der Waals surface area contributed by atoms with Gasteiger partial charge in [0.15, 0.2) is 0 Å². The van der Waals surface area contributed by atoms with Crippen LogP contribution in [0.3, 0.4) is 0 Å². The van der Waals surface area contributed by atoms with Gasteiger partial charge in [0, 0.05) is 23.5 Å². The van der Waals surface area contributed by atoms with Crippen molar-refractivity contribution >= 4 is 37.5 Å². The molecule has 0 fully saturated rings. The van der Waals surface area contributed by atoms with E-state index in [0.717, 1.165) is 45.7 Å². The van der Waals surface area contributed by atoms with E-state index in [4.69, 9.17) is 9.47 Å². The Bertz CT molecular complexity index is 674. The predicted molar refractivity (Wildman–Crippen MR) is 91.4 cm³/mol. The van der Waals surface area contributed by atoms with E-state index in [1.54, 1.807) is 7.11 Å². The summed E-state index contributed by atoms with van der Waals surface area (Å²) in [4.78, 5) is 0. The van der Waals surface area contributed by atoms with Gasteiger partial charge in [0.2, 0.25) is 0 Å². The van der Waals surface area contributed by atoms with Gasteiger partial charge in [-0.3, -0.25) is 0 Å². The number of nitrogens with one attached hydrogen (secondary N) is 1. The molecule has 1 aliphatic heterocycles. The molecule has 21 heavy (non-hydrogen) atoms. The standard InChI is InChI=1S/C16H15Br2NO2/c1-20-16-8-14(12(17)7-13(16)18)19-9-10-2-3-15-11(6-10)4-5-21-15/h2-3,6-8,19H,4-5,9H2,1H3. The number of benzene rings is 2. The molecule has 3 rings (SSSR count). The zero-order valence-corrected chi connectivity index (χ0v) is 14.8. The lowest BCUT2D eigenvalue weighted by Gasteiger charge is -2.12. The number of halogens is 2. The maximum Gasteiger partial charge on any atom is 0.135 e. The number of ether oxygens (including phenoxy) is 2. The minimum absolute atomic E-state index is 0.761. The Balaban J connectivity index is 1.75. The van der Waals surface area contributed by atoms with Crippen LogP contribution in [0.1, 0.15) is 11.1 Å². The van der Waals surface area contributed by atoms with Crippen LogP contribution in [0.25, 0.3) is 0 Å². The summed E-state index contributed by atoms with van der Waals surface area (Å²) >= 11 is 7.04. The zero-order chi connectivity index (χ0) is 14.8. The van der Waals surface area contributed by atoms with Crippen LogP contribution < -0.4 is 14.8 Å². The van der Waals surface area contributed by atoms with Crippen LogP contribution in [0.4, 0.5) is 5.69 Å². The van der Waals surface area contributed by atoms with E-state index in [0.29, 0.717) is 0 Å². The van der Waals surface area contributed by atoms with Crippen molar-refractivity contribution < 1.29 is 9.47 Å². The number of rotatable bonds is 4. The highest BCUT2D eigenvalue weighted by molar-refractivity contribution is 9.11. The molecule has 0 aliphatic carbocycles. The maximum atomic E-state index is 5.53. The third-order valence-corrected chi connectivity index (χ3v) is 4.75. The summed E-state index contributed by atoms with van der Waals surface area (Å²) < 4.78 is 12.8. The van der Waals surface area contributed by atoms with Crippen LogP contribution >= 0.6 is 31.9 Å². The molecule has 1 heterocycles.